The van der Waals surface area contributed by atoms with E-state index in [1.807, 2.05) is 55.6 Å². The molecule has 2 amide bonds. The van der Waals surface area contributed by atoms with E-state index < -0.39 is 0 Å². The second kappa shape index (κ2) is 8.81. The zero-order valence-electron chi connectivity index (χ0n) is 17.3. The van der Waals surface area contributed by atoms with Crippen LogP contribution in [0, 0.1) is 0 Å². The van der Waals surface area contributed by atoms with Crippen molar-refractivity contribution in [3.63, 3.8) is 0 Å². The molecule has 6 nitrogen and oxygen atoms in total. The predicted octanol–water partition coefficient (Wildman–Crippen LogP) is 4.92. The highest BCUT2D eigenvalue weighted by Gasteiger charge is 2.34. The van der Waals surface area contributed by atoms with Crippen LogP contribution >= 0.6 is 11.8 Å². The molecule has 2 aromatic carbocycles. The Morgan fingerprint density at radius 1 is 1.13 bits per heavy atom. The standard InChI is InChI=1S/C24H22N2O4S/c1-3-11-26-22(27)21(31-24(26)29)13-18-15-25(20-10-5-4-9-19(18)20)14-16-7-6-8-17(12-16)23(28)30-2/h4-10,12-13,15H,3,11,14H2,1-2H3/b21-13-. The lowest BCUT2D eigenvalue weighted by atomic mass is 10.1. The van der Waals surface area contributed by atoms with Gasteiger partial charge in [-0.15, -0.1) is 0 Å². The molecule has 0 aliphatic carbocycles. The van der Waals surface area contributed by atoms with Gasteiger partial charge in [-0.3, -0.25) is 14.5 Å². The minimum atomic E-state index is -0.372. The zero-order valence-corrected chi connectivity index (χ0v) is 18.1. The average molecular weight is 435 g/mol. The van der Waals surface area contributed by atoms with Gasteiger partial charge >= 0.3 is 5.97 Å². The first kappa shape index (κ1) is 20.9. The van der Waals surface area contributed by atoms with Crippen LogP contribution in [0.25, 0.3) is 17.0 Å². The quantitative estimate of drug-likeness (QED) is 0.407. The molecule has 0 unspecified atom stereocenters. The lowest BCUT2D eigenvalue weighted by Crippen LogP contribution is -2.28. The first-order valence-electron chi connectivity index (χ1n) is 10.0. The second-order valence-corrected chi connectivity index (χ2v) is 8.25. The number of thioether (sulfide) groups is 1. The zero-order chi connectivity index (χ0) is 22.0. The maximum absolute atomic E-state index is 12.6. The van der Waals surface area contributed by atoms with Gasteiger partial charge in [-0.05, 0) is 48.0 Å². The number of imide groups is 1. The molecule has 0 spiro atoms. The summed E-state index contributed by atoms with van der Waals surface area (Å²) >= 11 is 0.984. The number of esters is 1. The number of methoxy groups -OCH3 is 1. The fraction of sp³-hybridized carbons (Fsp3) is 0.208. The smallest absolute Gasteiger partial charge is 0.337 e. The van der Waals surface area contributed by atoms with Gasteiger partial charge in [0.25, 0.3) is 11.1 Å². The van der Waals surface area contributed by atoms with Gasteiger partial charge in [0, 0.05) is 35.8 Å². The highest BCUT2D eigenvalue weighted by Crippen LogP contribution is 2.34. The normalized spacial score (nSPS) is 15.3. The van der Waals surface area contributed by atoms with Gasteiger partial charge in [-0.25, -0.2) is 4.79 Å². The number of nitrogens with zero attached hydrogens (tertiary/aromatic N) is 2. The molecule has 1 aromatic heterocycles. The van der Waals surface area contributed by atoms with Gasteiger partial charge in [-0.2, -0.15) is 0 Å². The molecule has 4 rings (SSSR count). The van der Waals surface area contributed by atoms with Crippen LogP contribution in [0.1, 0.15) is 34.8 Å². The van der Waals surface area contributed by atoms with E-state index in [-0.39, 0.29) is 17.1 Å². The SMILES string of the molecule is CCCN1C(=O)S/C(=C\c2cn(Cc3cccc(C(=O)OC)c3)c3ccccc23)C1=O. The summed E-state index contributed by atoms with van der Waals surface area (Å²) in [6.45, 7) is 2.92. The fourth-order valence-electron chi connectivity index (χ4n) is 3.69. The summed E-state index contributed by atoms with van der Waals surface area (Å²) in [5.74, 6) is -0.609. The Balaban J connectivity index is 1.70. The van der Waals surface area contributed by atoms with Crippen LogP contribution < -0.4 is 0 Å². The van der Waals surface area contributed by atoms with E-state index >= 15 is 0 Å². The number of hydrogen-bond donors (Lipinski definition) is 0. The van der Waals surface area contributed by atoms with Crippen molar-refractivity contribution in [1.82, 2.24) is 9.47 Å². The summed E-state index contributed by atoms with van der Waals surface area (Å²) < 4.78 is 6.89. The highest BCUT2D eigenvalue weighted by atomic mass is 32.2. The van der Waals surface area contributed by atoms with Crippen LogP contribution in [0.15, 0.2) is 59.6 Å². The first-order valence-corrected chi connectivity index (χ1v) is 10.8. The van der Waals surface area contributed by atoms with Crippen LogP contribution in [-0.2, 0) is 16.1 Å². The van der Waals surface area contributed by atoms with Crippen molar-refractivity contribution in [3.8, 4) is 0 Å². The highest BCUT2D eigenvalue weighted by molar-refractivity contribution is 8.18. The topological polar surface area (TPSA) is 68.6 Å². The number of para-hydroxylation sites is 1. The summed E-state index contributed by atoms with van der Waals surface area (Å²) in [7, 11) is 1.36. The van der Waals surface area contributed by atoms with Crippen molar-refractivity contribution in [2.24, 2.45) is 0 Å². The molecule has 158 valence electrons. The Bertz CT molecular complexity index is 1210. The Kier molecular flexibility index (Phi) is 5.95. The molecular weight excluding hydrogens is 412 g/mol. The molecule has 0 N–H and O–H groups in total. The van der Waals surface area contributed by atoms with E-state index in [2.05, 4.69) is 4.57 Å². The third-order valence-electron chi connectivity index (χ3n) is 5.13. The van der Waals surface area contributed by atoms with Gasteiger partial charge in [0.05, 0.1) is 17.6 Å². The molecule has 1 fully saturated rings. The lowest BCUT2D eigenvalue weighted by Gasteiger charge is -2.09. The van der Waals surface area contributed by atoms with Crippen molar-refractivity contribution < 1.29 is 19.1 Å². The van der Waals surface area contributed by atoms with Gasteiger partial charge < -0.3 is 9.30 Å². The Hall–Kier alpha value is -3.32. The summed E-state index contributed by atoms with van der Waals surface area (Å²) in [4.78, 5) is 38.4. The van der Waals surface area contributed by atoms with Crippen molar-refractivity contribution in [2.75, 3.05) is 13.7 Å². The predicted molar refractivity (Wildman–Crippen MR) is 122 cm³/mol. The molecule has 3 aromatic rings. The third-order valence-corrected chi connectivity index (χ3v) is 6.04. The number of benzene rings is 2. The van der Waals surface area contributed by atoms with E-state index in [0.717, 1.165) is 40.2 Å². The van der Waals surface area contributed by atoms with Crippen molar-refractivity contribution in [3.05, 3.63) is 76.3 Å². The van der Waals surface area contributed by atoms with Gasteiger partial charge in [0.1, 0.15) is 0 Å². The Morgan fingerprint density at radius 3 is 2.71 bits per heavy atom. The molecule has 31 heavy (non-hydrogen) atoms. The minimum absolute atomic E-state index is 0.221. The molecule has 1 saturated heterocycles. The number of carbonyl (C=O) groups excluding carboxylic acids is 3. The van der Waals surface area contributed by atoms with E-state index in [9.17, 15) is 14.4 Å². The summed E-state index contributed by atoms with van der Waals surface area (Å²) in [6.07, 6.45) is 4.50. The Labute approximate surface area is 184 Å². The number of rotatable bonds is 6. The fourth-order valence-corrected chi connectivity index (χ4v) is 4.55. The van der Waals surface area contributed by atoms with Gasteiger partial charge in [0.2, 0.25) is 0 Å². The van der Waals surface area contributed by atoms with Crippen LogP contribution in [0.2, 0.25) is 0 Å². The summed E-state index contributed by atoms with van der Waals surface area (Å²) in [5.41, 5.74) is 3.34. The third kappa shape index (κ3) is 4.14. The van der Waals surface area contributed by atoms with Crippen molar-refractivity contribution in [1.29, 1.82) is 0 Å². The largest absolute Gasteiger partial charge is 0.465 e. The average Bonchev–Trinajstić information content (AvgIpc) is 3.26. The molecule has 0 atom stereocenters. The molecule has 1 aliphatic heterocycles. The molecule has 0 radical (unpaired) electrons. The maximum Gasteiger partial charge on any atom is 0.337 e. The molecule has 0 saturated carbocycles. The van der Waals surface area contributed by atoms with Gasteiger partial charge in [0.15, 0.2) is 0 Å². The van der Waals surface area contributed by atoms with E-state index in [1.165, 1.54) is 12.0 Å². The molecule has 1 aliphatic rings. The molecule has 2 heterocycles. The van der Waals surface area contributed by atoms with E-state index in [4.69, 9.17) is 4.74 Å². The van der Waals surface area contributed by atoms with Crippen LogP contribution in [0.4, 0.5) is 4.79 Å². The number of carbonyl (C=O) groups is 3. The minimum Gasteiger partial charge on any atom is -0.465 e. The summed E-state index contributed by atoms with van der Waals surface area (Å²) in [5, 5.41) is 0.773. The van der Waals surface area contributed by atoms with E-state index in [1.54, 1.807) is 12.1 Å². The number of fused-ring (bicyclic) bond motifs is 1. The number of ether oxygens (including phenoxy) is 1. The van der Waals surface area contributed by atoms with Crippen LogP contribution in [-0.4, -0.2) is 40.2 Å². The molecular formula is C24H22N2O4S. The van der Waals surface area contributed by atoms with Crippen molar-refractivity contribution in [2.45, 2.75) is 19.9 Å². The summed E-state index contributed by atoms with van der Waals surface area (Å²) in [6, 6.07) is 15.2. The van der Waals surface area contributed by atoms with Crippen LogP contribution in [0.3, 0.4) is 0 Å². The van der Waals surface area contributed by atoms with Crippen molar-refractivity contribution >= 4 is 45.9 Å². The van der Waals surface area contributed by atoms with Gasteiger partial charge in [-0.1, -0.05) is 37.3 Å². The maximum atomic E-state index is 12.6. The number of aromatic nitrogens is 1. The molecule has 7 heteroatoms. The first-order chi connectivity index (χ1) is 15.0. The van der Waals surface area contributed by atoms with E-state index in [0.29, 0.717) is 23.6 Å². The monoisotopic (exact) mass is 434 g/mol. The lowest BCUT2D eigenvalue weighted by molar-refractivity contribution is -0.122. The number of hydrogen-bond acceptors (Lipinski definition) is 5. The second-order valence-electron chi connectivity index (χ2n) is 7.25. The van der Waals surface area contributed by atoms with Crippen LogP contribution in [0.5, 0.6) is 0 Å². The Morgan fingerprint density at radius 2 is 1.94 bits per heavy atom. The molecule has 0 bridgehead atoms. The number of amides is 2.